The van der Waals surface area contributed by atoms with Crippen molar-refractivity contribution < 1.29 is 4.79 Å². The predicted octanol–water partition coefficient (Wildman–Crippen LogP) is -0.369. The number of amides is 1. The van der Waals surface area contributed by atoms with E-state index in [0.29, 0.717) is 0 Å². The van der Waals surface area contributed by atoms with Gasteiger partial charge in [-0.3, -0.25) is 4.79 Å². The van der Waals surface area contributed by atoms with Gasteiger partial charge in [0.2, 0.25) is 5.91 Å². The van der Waals surface area contributed by atoms with Gasteiger partial charge in [-0.15, -0.1) is 12.4 Å². The third kappa shape index (κ3) is 3.89. The highest BCUT2D eigenvalue weighted by Crippen LogP contribution is 1.90. The van der Waals surface area contributed by atoms with Crippen molar-refractivity contribution in [2.45, 2.75) is 19.4 Å². The van der Waals surface area contributed by atoms with Crippen LogP contribution in [0.15, 0.2) is 0 Å². The summed E-state index contributed by atoms with van der Waals surface area (Å²) in [6, 6.07) is 0. The highest BCUT2D eigenvalue weighted by molar-refractivity contribution is 5.85. The largest absolute Gasteiger partial charge is 0.368 e. The first-order valence-electron chi connectivity index (χ1n) is 2.03. The number of hydrogen-bond acceptors (Lipinski definition) is 2. The molecule has 0 bridgehead atoms. The van der Waals surface area contributed by atoms with Crippen molar-refractivity contribution in [3.05, 3.63) is 0 Å². The molecule has 0 rings (SSSR count). The maximum atomic E-state index is 10.1. The van der Waals surface area contributed by atoms with Crippen LogP contribution in [0.2, 0.25) is 0 Å². The SMILES string of the molecule is CC(C)(N)C(N)=O.Cl. The highest BCUT2D eigenvalue weighted by Gasteiger charge is 2.16. The van der Waals surface area contributed by atoms with Crippen molar-refractivity contribution in [2.24, 2.45) is 11.5 Å². The number of nitrogens with two attached hydrogens (primary N) is 2. The Hall–Kier alpha value is -0.280. The van der Waals surface area contributed by atoms with Crippen molar-refractivity contribution in [1.82, 2.24) is 0 Å². The van der Waals surface area contributed by atoms with Crippen molar-refractivity contribution in [1.29, 1.82) is 0 Å². The van der Waals surface area contributed by atoms with Gasteiger partial charge in [-0.05, 0) is 13.8 Å². The Kier molecular flexibility index (Phi) is 3.85. The maximum Gasteiger partial charge on any atom is 0.236 e. The van der Waals surface area contributed by atoms with Gasteiger partial charge in [0.1, 0.15) is 0 Å². The molecule has 0 aromatic carbocycles. The summed E-state index contributed by atoms with van der Waals surface area (Å²) >= 11 is 0. The molecule has 0 spiro atoms. The predicted molar refractivity (Wildman–Crippen MR) is 34.7 cm³/mol. The molecule has 3 nitrogen and oxygen atoms in total. The van der Waals surface area contributed by atoms with E-state index in [1.165, 1.54) is 0 Å². The van der Waals surface area contributed by atoms with E-state index in [4.69, 9.17) is 11.5 Å². The summed E-state index contributed by atoms with van der Waals surface area (Å²) < 4.78 is 0. The zero-order valence-corrected chi connectivity index (χ0v) is 5.79. The molecule has 0 aromatic heterocycles. The van der Waals surface area contributed by atoms with Crippen LogP contribution in [0.1, 0.15) is 13.8 Å². The number of hydrogen-bond donors (Lipinski definition) is 2. The average molecular weight is 139 g/mol. The first-order chi connectivity index (χ1) is 2.94. The second-order valence-electron chi connectivity index (χ2n) is 2.09. The summed E-state index contributed by atoms with van der Waals surface area (Å²) in [5.74, 6) is -0.479. The molecule has 0 fully saturated rings. The summed E-state index contributed by atoms with van der Waals surface area (Å²) in [5.41, 5.74) is 9.15. The first kappa shape index (κ1) is 10.7. The van der Waals surface area contributed by atoms with E-state index in [1.807, 2.05) is 0 Å². The van der Waals surface area contributed by atoms with Crippen molar-refractivity contribution in [3.63, 3.8) is 0 Å². The smallest absolute Gasteiger partial charge is 0.236 e. The fraction of sp³-hybridized carbons (Fsp3) is 0.750. The molecule has 0 saturated carbocycles. The maximum absolute atomic E-state index is 10.1. The lowest BCUT2D eigenvalue weighted by Gasteiger charge is -2.10. The minimum atomic E-state index is -0.861. The van der Waals surface area contributed by atoms with Crippen molar-refractivity contribution >= 4 is 18.3 Å². The molecule has 0 heterocycles. The monoisotopic (exact) mass is 138 g/mol. The van der Waals surface area contributed by atoms with Crippen LogP contribution in [0.25, 0.3) is 0 Å². The molecule has 0 aliphatic carbocycles. The molecule has 0 saturated heterocycles. The van der Waals surface area contributed by atoms with Crippen LogP contribution in [0.3, 0.4) is 0 Å². The summed E-state index contributed by atoms with van der Waals surface area (Å²) in [6.45, 7) is 3.13. The number of primary amides is 1. The number of carbonyl (C=O) groups is 1. The second kappa shape index (κ2) is 2.89. The van der Waals surface area contributed by atoms with Gasteiger partial charge in [-0.25, -0.2) is 0 Å². The Bertz CT molecular complexity index is 86.5. The summed E-state index contributed by atoms with van der Waals surface area (Å²) in [4.78, 5) is 10.1. The van der Waals surface area contributed by atoms with E-state index in [2.05, 4.69) is 0 Å². The molecule has 0 aliphatic heterocycles. The van der Waals surface area contributed by atoms with E-state index in [0.717, 1.165) is 0 Å². The molecule has 0 aromatic rings. The Labute approximate surface area is 54.8 Å². The third-order valence-corrected chi connectivity index (χ3v) is 0.635. The van der Waals surface area contributed by atoms with Crippen LogP contribution < -0.4 is 11.5 Å². The molecular weight excluding hydrogens is 128 g/mol. The van der Waals surface area contributed by atoms with Crippen LogP contribution in [0.5, 0.6) is 0 Å². The Balaban J connectivity index is 0. The summed E-state index contributed by atoms with van der Waals surface area (Å²) in [5, 5.41) is 0. The molecule has 8 heavy (non-hydrogen) atoms. The Morgan fingerprint density at radius 1 is 1.50 bits per heavy atom. The van der Waals surface area contributed by atoms with Crippen molar-refractivity contribution in [2.75, 3.05) is 0 Å². The number of halogens is 1. The van der Waals surface area contributed by atoms with Gasteiger partial charge in [-0.1, -0.05) is 0 Å². The van der Waals surface area contributed by atoms with Crippen LogP contribution in [-0.2, 0) is 4.79 Å². The lowest BCUT2D eigenvalue weighted by Crippen LogP contribution is -2.46. The van der Waals surface area contributed by atoms with Crippen LogP contribution >= 0.6 is 12.4 Å². The van der Waals surface area contributed by atoms with Gasteiger partial charge in [0.25, 0.3) is 0 Å². The first-order valence-corrected chi connectivity index (χ1v) is 2.03. The molecule has 0 aliphatic rings. The normalized spacial score (nSPS) is 9.88. The second-order valence-corrected chi connectivity index (χ2v) is 2.09. The number of rotatable bonds is 1. The lowest BCUT2D eigenvalue weighted by molar-refractivity contribution is -0.121. The van der Waals surface area contributed by atoms with Gasteiger partial charge in [0.15, 0.2) is 0 Å². The molecule has 50 valence electrons. The molecule has 0 atom stereocenters. The van der Waals surface area contributed by atoms with Gasteiger partial charge in [0.05, 0.1) is 5.54 Å². The van der Waals surface area contributed by atoms with E-state index >= 15 is 0 Å². The van der Waals surface area contributed by atoms with E-state index < -0.39 is 11.4 Å². The van der Waals surface area contributed by atoms with Crippen LogP contribution in [0, 0.1) is 0 Å². The van der Waals surface area contributed by atoms with Gasteiger partial charge < -0.3 is 11.5 Å². The fourth-order valence-electron chi connectivity index (χ4n) is 0. The zero-order valence-electron chi connectivity index (χ0n) is 4.97. The van der Waals surface area contributed by atoms with E-state index in [1.54, 1.807) is 13.8 Å². The third-order valence-electron chi connectivity index (χ3n) is 0.635. The molecule has 0 unspecified atom stereocenters. The molecule has 0 radical (unpaired) electrons. The average Bonchev–Trinajstić information content (AvgIpc) is 1.31. The topological polar surface area (TPSA) is 69.1 Å². The Morgan fingerprint density at radius 2 is 1.62 bits per heavy atom. The quantitative estimate of drug-likeness (QED) is 0.519. The lowest BCUT2D eigenvalue weighted by atomic mass is 10.1. The molecular formula is C4H11ClN2O. The van der Waals surface area contributed by atoms with Gasteiger partial charge >= 0.3 is 0 Å². The molecule has 1 amide bonds. The van der Waals surface area contributed by atoms with Gasteiger partial charge in [-0.2, -0.15) is 0 Å². The van der Waals surface area contributed by atoms with Gasteiger partial charge in [0, 0.05) is 0 Å². The minimum Gasteiger partial charge on any atom is -0.368 e. The van der Waals surface area contributed by atoms with Crippen LogP contribution in [0.4, 0.5) is 0 Å². The summed E-state index contributed by atoms with van der Waals surface area (Å²) in [7, 11) is 0. The Morgan fingerprint density at radius 3 is 1.62 bits per heavy atom. The molecule has 4 heteroatoms. The summed E-state index contributed by atoms with van der Waals surface area (Å²) in [6.07, 6.45) is 0. The zero-order chi connectivity index (χ0) is 6.08. The van der Waals surface area contributed by atoms with E-state index in [-0.39, 0.29) is 12.4 Å². The number of carbonyl (C=O) groups excluding carboxylic acids is 1. The molecule has 4 N–H and O–H groups in total. The van der Waals surface area contributed by atoms with Crippen LogP contribution in [-0.4, -0.2) is 11.4 Å². The minimum absolute atomic E-state index is 0. The van der Waals surface area contributed by atoms with E-state index in [9.17, 15) is 4.79 Å². The standard InChI is InChI=1S/C4H10N2O.ClH/c1-4(2,6)3(5)7;/h6H2,1-2H3,(H2,5,7);1H. The highest BCUT2D eigenvalue weighted by atomic mass is 35.5. The fourth-order valence-corrected chi connectivity index (χ4v) is 0. The van der Waals surface area contributed by atoms with Crippen molar-refractivity contribution in [3.8, 4) is 0 Å².